The standard InChI is InChI=1S/C26H23N3O3/c1-18-2-4-19(5-3-18)26(20-6-12-23(29-30)13-7-20,21-8-14-24(31-27)15-9-21)22-10-16-25(32-28)17-11-22/h2-17H,27-28H2,1H3. The predicted octanol–water partition coefficient (Wildman–Crippen LogP) is 5.28. The zero-order valence-electron chi connectivity index (χ0n) is 17.6. The van der Waals surface area contributed by atoms with Crippen LogP contribution in [0.3, 0.4) is 0 Å². The van der Waals surface area contributed by atoms with Crippen LogP contribution in [0.15, 0.2) is 102 Å². The van der Waals surface area contributed by atoms with E-state index in [9.17, 15) is 4.91 Å². The SMILES string of the molecule is Cc1ccc(C(c2ccc(N=O)cc2)(c2ccc(ON)cc2)c2ccc(ON)cc2)cc1. The lowest BCUT2D eigenvalue weighted by atomic mass is 9.65. The third-order valence-electron chi connectivity index (χ3n) is 5.74. The quantitative estimate of drug-likeness (QED) is 0.238. The molecule has 0 aromatic heterocycles. The lowest BCUT2D eigenvalue weighted by Gasteiger charge is -2.37. The molecule has 4 aromatic rings. The van der Waals surface area contributed by atoms with E-state index >= 15 is 0 Å². The number of aryl methyl sites for hydroxylation is 1. The number of nitrogens with two attached hydrogens (primary N) is 2. The first kappa shape index (κ1) is 21.2. The summed E-state index contributed by atoms with van der Waals surface area (Å²) in [6, 6.07) is 31.0. The van der Waals surface area contributed by atoms with Gasteiger partial charge < -0.3 is 9.68 Å². The maximum Gasteiger partial charge on any atom is 0.146 e. The van der Waals surface area contributed by atoms with Gasteiger partial charge in [0.25, 0.3) is 0 Å². The molecule has 4 aromatic carbocycles. The van der Waals surface area contributed by atoms with Gasteiger partial charge in [-0.05, 0) is 70.8 Å². The van der Waals surface area contributed by atoms with Crippen LogP contribution in [0.4, 0.5) is 5.69 Å². The lowest BCUT2D eigenvalue weighted by Crippen LogP contribution is -2.31. The molecule has 0 aliphatic heterocycles. The Balaban J connectivity index is 2.07. The number of nitrogens with zero attached hydrogens (tertiary/aromatic N) is 1. The van der Waals surface area contributed by atoms with Crippen molar-refractivity contribution in [2.24, 2.45) is 17.0 Å². The van der Waals surface area contributed by atoms with E-state index in [-0.39, 0.29) is 0 Å². The fraction of sp³-hybridized carbons (Fsp3) is 0.0769. The summed E-state index contributed by atoms with van der Waals surface area (Å²) in [5.74, 6) is 11.8. The topological polar surface area (TPSA) is 99.9 Å². The Morgan fingerprint density at radius 1 is 0.594 bits per heavy atom. The second-order valence-electron chi connectivity index (χ2n) is 7.54. The van der Waals surface area contributed by atoms with Crippen molar-refractivity contribution in [2.45, 2.75) is 12.3 Å². The molecular weight excluding hydrogens is 402 g/mol. The summed E-state index contributed by atoms with van der Waals surface area (Å²) < 4.78 is 0. The fourth-order valence-electron chi connectivity index (χ4n) is 4.14. The molecule has 0 saturated heterocycles. The van der Waals surface area contributed by atoms with Crippen LogP contribution in [-0.4, -0.2) is 0 Å². The third kappa shape index (κ3) is 3.73. The summed E-state index contributed by atoms with van der Waals surface area (Å²) in [5, 5.41) is 3.06. The van der Waals surface area contributed by atoms with Gasteiger partial charge in [-0.15, -0.1) is 4.91 Å². The highest BCUT2D eigenvalue weighted by Gasteiger charge is 2.38. The molecule has 0 amide bonds. The summed E-state index contributed by atoms with van der Waals surface area (Å²) in [5.41, 5.74) is 4.84. The molecule has 0 aliphatic rings. The Kier molecular flexibility index (Phi) is 5.98. The largest absolute Gasteiger partial charge is 0.412 e. The van der Waals surface area contributed by atoms with E-state index in [0.29, 0.717) is 17.2 Å². The van der Waals surface area contributed by atoms with Gasteiger partial charge in [-0.1, -0.05) is 66.2 Å². The average molecular weight is 425 g/mol. The van der Waals surface area contributed by atoms with E-state index in [1.807, 2.05) is 60.7 Å². The highest BCUT2D eigenvalue weighted by atomic mass is 16.6. The molecule has 0 aliphatic carbocycles. The minimum absolute atomic E-state index is 0.366. The van der Waals surface area contributed by atoms with Gasteiger partial charge in [0.2, 0.25) is 0 Å². The maximum absolute atomic E-state index is 11.1. The number of hydrogen-bond donors (Lipinski definition) is 2. The van der Waals surface area contributed by atoms with Gasteiger partial charge in [-0.25, -0.2) is 0 Å². The molecule has 4 rings (SSSR count). The van der Waals surface area contributed by atoms with Gasteiger partial charge in [0.05, 0.1) is 5.41 Å². The van der Waals surface area contributed by atoms with E-state index < -0.39 is 5.41 Å². The molecule has 0 spiro atoms. The summed E-state index contributed by atoms with van der Waals surface area (Å²) >= 11 is 0. The zero-order valence-corrected chi connectivity index (χ0v) is 17.6. The van der Waals surface area contributed by atoms with E-state index in [1.54, 1.807) is 12.1 Å². The number of nitroso groups, excluding NO2 is 1. The van der Waals surface area contributed by atoms with Gasteiger partial charge in [-0.2, -0.15) is 11.8 Å². The predicted molar refractivity (Wildman–Crippen MR) is 125 cm³/mol. The normalized spacial score (nSPS) is 11.1. The Hall–Kier alpha value is -4.00. The van der Waals surface area contributed by atoms with Crippen molar-refractivity contribution in [2.75, 3.05) is 0 Å². The molecule has 4 N–H and O–H groups in total. The highest BCUT2D eigenvalue weighted by Crippen LogP contribution is 2.46. The molecule has 0 heterocycles. The van der Waals surface area contributed by atoms with Crippen LogP contribution in [0.25, 0.3) is 0 Å². The van der Waals surface area contributed by atoms with Crippen LogP contribution in [-0.2, 0) is 5.41 Å². The monoisotopic (exact) mass is 425 g/mol. The first-order valence-corrected chi connectivity index (χ1v) is 10.1. The summed E-state index contributed by atoms with van der Waals surface area (Å²) in [4.78, 5) is 20.8. The van der Waals surface area contributed by atoms with Crippen LogP contribution < -0.4 is 21.5 Å². The first-order chi connectivity index (χ1) is 15.6. The molecule has 0 atom stereocenters. The molecule has 0 unspecified atom stereocenters. The molecule has 0 bridgehead atoms. The van der Waals surface area contributed by atoms with E-state index in [0.717, 1.165) is 27.8 Å². The van der Waals surface area contributed by atoms with Crippen molar-refractivity contribution in [3.8, 4) is 11.5 Å². The Bertz CT molecular complexity index is 1140. The second kappa shape index (κ2) is 9.01. The molecule has 160 valence electrons. The van der Waals surface area contributed by atoms with Crippen molar-refractivity contribution < 1.29 is 9.68 Å². The smallest absolute Gasteiger partial charge is 0.146 e. The Morgan fingerprint density at radius 3 is 1.28 bits per heavy atom. The lowest BCUT2D eigenvalue weighted by molar-refractivity contribution is 0.334. The Labute approximate surface area is 186 Å². The van der Waals surface area contributed by atoms with Crippen molar-refractivity contribution >= 4 is 5.69 Å². The fourth-order valence-corrected chi connectivity index (χ4v) is 4.14. The maximum atomic E-state index is 11.1. The zero-order chi connectivity index (χ0) is 22.6. The number of hydrogen-bond acceptors (Lipinski definition) is 6. The molecule has 0 fully saturated rings. The van der Waals surface area contributed by atoms with E-state index in [2.05, 4.69) is 36.4 Å². The van der Waals surface area contributed by atoms with Crippen molar-refractivity contribution in [1.82, 2.24) is 0 Å². The van der Waals surface area contributed by atoms with Gasteiger partial charge in [0.15, 0.2) is 0 Å². The summed E-state index contributed by atoms with van der Waals surface area (Å²) in [7, 11) is 0. The first-order valence-electron chi connectivity index (χ1n) is 10.1. The van der Waals surface area contributed by atoms with Crippen LogP contribution >= 0.6 is 0 Å². The Morgan fingerprint density at radius 2 is 0.938 bits per heavy atom. The van der Waals surface area contributed by atoms with Gasteiger partial charge in [0, 0.05) is 0 Å². The van der Waals surface area contributed by atoms with Crippen molar-refractivity contribution in [3.05, 3.63) is 130 Å². The molecule has 0 radical (unpaired) electrons. The molecule has 6 heteroatoms. The van der Waals surface area contributed by atoms with Crippen molar-refractivity contribution in [1.29, 1.82) is 0 Å². The van der Waals surface area contributed by atoms with Crippen LogP contribution in [0.2, 0.25) is 0 Å². The van der Waals surface area contributed by atoms with Crippen molar-refractivity contribution in [3.63, 3.8) is 0 Å². The van der Waals surface area contributed by atoms with Crippen LogP contribution in [0.5, 0.6) is 11.5 Å². The van der Waals surface area contributed by atoms with E-state index in [1.165, 1.54) is 0 Å². The highest BCUT2D eigenvalue weighted by molar-refractivity contribution is 5.61. The molecule has 0 saturated carbocycles. The minimum Gasteiger partial charge on any atom is -0.412 e. The summed E-state index contributed by atoms with van der Waals surface area (Å²) in [6.07, 6.45) is 0. The number of benzene rings is 4. The van der Waals surface area contributed by atoms with Gasteiger partial charge in [-0.3, -0.25) is 0 Å². The molecular formula is C26H23N3O3. The second-order valence-corrected chi connectivity index (χ2v) is 7.54. The summed E-state index contributed by atoms with van der Waals surface area (Å²) in [6.45, 7) is 2.05. The molecule has 32 heavy (non-hydrogen) atoms. The average Bonchev–Trinajstić information content (AvgIpc) is 2.86. The van der Waals surface area contributed by atoms with Gasteiger partial charge in [0.1, 0.15) is 17.2 Å². The third-order valence-corrected chi connectivity index (χ3v) is 5.74. The minimum atomic E-state index is -0.699. The van der Waals surface area contributed by atoms with Gasteiger partial charge >= 0.3 is 0 Å². The molecule has 6 nitrogen and oxygen atoms in total. The van der Waals surface area contributed by atoms with E-state index in [4.69, 9.17) is 21.5 Å². The van der Waals surface area contributed by atoms with Crippen LogP contribution in [0.1, 0.15) is 27.8 Å². The number of rotatable bonds is 7. The van der Waals surface area contributed by atoms with Crippen LogP contribution in [0, 0.1) is 11.8 Å².